The highest BCUT2D eigenvalue weighted by molar-refractivity contribution is 6.00. The number of hydrogen-bond acceptors (Lipinski definition) is 8. The van der Waals surface area contributed by atoms with Gasteiger partial charge in [-0.15, -0.1) is 0 Å². The molecule has 0 saturated heterocycles. The van der Waals surface area contributed by atoms with Gasteiger partial charge >= 0.3 is 18.3 Å². The van der Waals surface area contributed by atoms with Gasteiger partial charge in [-0.25, -0.2) is 14.4 Å². The van der Waals surface area contributed by atoms with Gasteiger partial charge in [-0.2, -0.15) is 0 Å². The lowest BCUT2D eigenvalue weighted by atomic mass is 10.2. The Kier molecular flexibility index (Phi) is 19.3. The number of rotatable bonds is 18. The van der Waals surface area contributed by atoms with E-state index in [4.69, 9.17) is 14.9 Å². The van der Waals surface area contributed by atoms with Crippen molar-refractivity contribution in [2.75, 3.05) is 32.7 Å². The summed E-state index contributed by atoms with van der Waals surface area (Å²) in [5.41, 5.74) is -0.735. The van der Waals surface area contributed by atoms with Crippen molar-refractivity contribution < 1.29 is 38.9 Å². The van der Waals surface area contributed by atoms with E-state index in [-0.39, 0.29) is 36.8 Å². The number of carbonyl (C=O) groups excluding carboxylic acids is 3. The van der Waals surface area contributed by atoms with Gasteiger partial charge in [0.2, 0.25) is 17.8 Å². The van der Waals surface area contributed by atoms with Crippen LogP contribution in [-0.2, 0) is 14.3 Å². The molecule has 0 aliphatic rings. The highest BCUT2D eigenvalue weighted by Gasteiger charge is 2.18. The first-order valence-corrected chi connectivity index (χ1v) is 13.6. The van der Waals surface area contributed by atoms with Crippen LogP contribution in [-0.4, -0.2) is 90.6 Å². The van der Waals surface area contributed by atoms with Crippen LogP contribution in [0.1, 0.15) is 79.1 Å². The highest BCUT2D eigenvalue weighted by Crippen LogP contribution is 2.06. The quantitative estimate of drug-likeness (QED) is 0.0517. The van der Waals surface area contributed by atoms with E-state index in [0.29, 0.717) is 38.9 Å². The lowest BCUT2D eigenvalue weighted by Crippen LogP contribution is -2.45. The van der Waals surface area contributed by atoms with E-state index < -0.39 is 23.9 Å². The molecule has 0 radical (unpaired) electrons. The Morgan fingerprint density at radius 3 is 1.93 bits per heavy atom. The molecule has 0 fully saturated rings. The summed E-state index contributed by atoms with van der Waals surface area (Å²) in [5.74, 6) is -0.880. The van der Waals surface area contributed by atoms with E-state index >= 15 is 0 Å². The second kappa shape index (κ2) is 21.2. The van der Waals surface area contributed by atoms with E-state index in [0.717, 1.165) is 32.2 Å². The van der Waals surface area contributed by atoms with Crippen LogP contribution in [0.5, 0.6) is 0 Å². The largest absolute Gasteiger partial charge is 0.465 e. The molecule has 15 heteroatoms. The maximum absolute atomic E-state index is 11.9. The molecule has 5 amide bonds. The number of alkyl carbamates (subject to hydrolysis) is 1. The monoisotopic (exact) mass is 573 g/mol. The Balaban J connectivity index is 3.85. The maximum atomic E-state index is 11.9. The summed E-state index contributed by atoms with van der Waals surface area (Å²) in [7, 11) is 0. The molecule has 230 valence electrons. The van der Waals surface area contributed by atoms with Crippen LogP contribution in [0, 0.1) is 0 Å². The maximum Gasteiger partial charge on any atom is 0.414 e. The van der Waals surface area contributed by atoms with Crippen LogP contribution < -0.4 is 31.9 Å². The first kappa shape index (κ1) is 36.4. The molecule has 15 nitrogen and oxygen atoms in total. The fraction of sp³-hybridized carbons (Fsp3) is 0.760. The number of carbonyl (C=O) groups is 5. The molecule has 1 atom stereocenters. The lowest BCUT2D eigenvalue weighted by molar-refractivity contribution is -0.129. The summed E-state index contributed by atoms with van der Waals surface area (Å²) in [6.45, 7) is 9.51. The van der Waals surface area contributed by atoms with Crippen molar-refractivity contribution in [2.24, 2.45) is 4.99 Å². The van der Waals surface area contributed by atoms with Crippen LogP contribution in [0.2, 0.25) is 0 Å². The van der Waals surface area contributed by atoms with Crippen molar-refractivity contribution in [1.29, 1.82) is 0 Å². The number of hydrogen-bond donors (Lipinski definition) is 8. The number of ether oxygens (including phenoxy) is 1. The second-order valence-corrected chi connectivity index (χ2v) is 10.2. The molecule has 0 aromatic heterocycles. The molecule has 8 N–H and O–H groups in total. The first-order chi connectivity index (χ1) is 18.8. The molecule has 1 unspecified atom stereocenters. The smallest absolute Gasteiger partial charge is 0.414 e. The zero-order valence-electron chi connectivity index (χ0n) is 24.1. The van der Waals surface area contributed by atoms with Crippen molar-refractivity contribution in [1.82, 2.24) is 31.9 Å². The Bertz CT molecular complexity index is 830. The van der Waals surface area contributed by atoms with E-state index in [1.807, 2.05) is 5.32 Å². The second-order valence-electron chi connectivity index (χ2n) is 10.2. The zero-order chi connectivity index (χ0) is 30.4. The number of guanidine groups is 1. The minimum atomic E-state index is -1.36. The molecule has 0 aliphatic carbocycles. The summed E-state index contributed by atoms with van der Waals surface area (Å²) in [5, 5.41) is 32.9. The van der Waals surface area contributed by atoms with Gasteiger partial charge in [0.05, 0.1) is 0 Å². The molecule has 40 heavy (non-hydrogen) atoms. The Morgan fingerprint density at radius 1 is 0.775 bits per heavy atom. The molecule has 0 heterocycles. The third-order valence-corrected chi connectivity index (χ3v) is 5.07. The van der Waals surface area contributed by atoms with E-state index in [1.54, 1.807) is 27.7 Å². The van der Waals surface area contributed by atoms with Crippen LogP contribution in [0.3, 0.4) is 0 Å². The minimum Gasteiger partial charge on any atom is -0.465 e. The molecule has 0 aromatic rings. The normalized spacial score (nSPS) is 12.2. The third-order valence-electron chi connectivity index (χ3n) is 5.07. The van der Waals surface area contributed by atoms with Gasteiger partial charge in [0.15, 0.2) is 0 Å². The average molecular weight is 574 g/mol. The molecule has 0 aromatic carbocycles. The fourth-order valence-electron chi connectivity index (χ4n) is 3.22. The number of nitrogens with zero attached hydrogens (tertiary/aromatic N) is 1. The van der Waals surface area contributed by atoms with Gasteiger partial charge in [0.1, 0.15) is 12.0 Å². The summed E-state index contributed by atoms with van der Waals surface area (Å²) < 4.78 is 5.08. The molecular weight excluding hydrogens is 526 g/mol. The molecule has 0 bridgehead atoms. The Hall–Kier alpha value is -3.62. The van der Waals surface area contributed by atoms with Crippen molar-refractivity contribution in [3.8, 4) is 0 Å². The minimum absolute atomic E-state index is 0.116. The van der Waals surface area contributed by atoms with Crippen molar-refractivity contribution in [3.05, 3.63) is 0 Å². The fourth-order valence-corrected chi connectivity index (χ4v) is 3.22. The average Bonchev–Trinajstić information content (AvgIpc) is 2.80. The zero-order valence-corrected chi connectivity index (χ0v) is 24.1. The predicted octanol–water partition coefficient (Wildman–Crippen LogP) is 1.73. The number of carboxylic acid groups (broad SMARTS) is 2. The van der Waals surface area contributed by atoms with Crippen LogP contribution in [0.15, 0.2) is 4.99 Å². The van der Waals surface area contributed by atoms with E-state index in [2.05, 4.69) is 31.6 Å². The highest BCUT2D eigenvalue weighted by atomic mass is 16.6. The molecule has 0 spiro atoms. The molecule has 0 aliphatic heterocycles. The number of nitrogens with one attached hydrogen (secondary N) is 6. The Labute approximate surface area is 235 Å². The lowest BCUT2D eigenvalue weighted by Gasteiger charge is -2.20. The van der Waals surface area contributed by atoms with Gasteiger partial charge in [-0.1, -0.05) is 12.8 Å². The standard InChI is InChI=1S/C25H47N7O8/c1-18(30-22(35)36)11-16-26-12-9-10-14-28-20(34)17-19(33)27-13-7-5-6-8-15-29-21(31-23(37)38)32-24(39)40-25(2,3)4/h18,26,30H,5-17H2,1-4H3,(H,27,33)(H,28,34)(H,35,36)(H,37,38)(H2,29,31,32,39). The summed E-state index contributed by atoms with van der Waals surface area (Å²) in [6, 6.07) is -0.116. The SMILES string of the molecule is CC(CCNCCCCNC(=O)CC(=O)NCCCCCCN=C(NC(=O)O)NC(=O)OC(C)(C)C)NC(=O)O. The summed E-state index contributed by atoms with van der Waals surface area (Å²) in [4.78, 5) is 61.1. The third kappa shape index (κ3) is 24.7. The molecule has 0 saturated carbocycles. The molecule has 0 rings (SSSR count). The molecular formula is C25H47N7O8. The van der Waals surface area contributed by atoms with Crippen molar-refractivity contribution in [3.63, 3.8) is 0 Å². The van der Waals surface area contributed by atoms with E-state index in [1.165, 1.54) is 0 Å². The topological polar surface area (TPSA) is 220 Å². The van der Waals surface area contributed by atoms with E-state index in [9.17, 15) is 24.0 Å². The van der Waals surface area contributed by atoms with Gasteiger partial charge in [-0.3, -0.25) is 25.2 Å². The van der Waals surface area contributed by atoms with Gasteiger partial charge in [0.25, 0.3) is 0 Å². The van der Waals surface area contributed by atoms with Crippen LogP contribution in [0.25, 0.3) is 0 Å². The number of aliphatic imine (C=N–C) groups is 1. The first-order valence-electron chi connectivity index (χ1n) is 13.6. The van der Waals surface area contributed by atoms with Gasteiger partial charge in [0, 0.05) is 25.7 Å². The van der Waals surface area contributed by atoms with Crippen molar-refractivity contribution in [2.45, 2.75) is 90.7 Å². The summed E-state index contributed by atoms with van der Waals surface area (Å²) >= 11 is 0. The van der Waals surface area contributed by atoms with Crippen LogP contribution in [0.4, 0.5) is 14.4 Å². The summed E-state index contributed by atoms with van der Waals surface area (Å²) in [6.07, 6.45) is 1.80. The van der Waals surface area contributed by atoms with Gasteiger partial charge < -0.3 is 36.2 Å². The van der Waals surface area contributed by atoms with Crippen LogP contribution >= 0.6 is 0 Å². The predicted molar refractivity (Wildman–Crippen MR) is 149 cm³/mol. The Morgan fingerprint density at radius 2 is 1.35 bits per heavy atom. The van der Waals surface area contributed by atoms with Crippen molar-refractivity contribution >= 4 is 36.1 Å². The van der Waals surface area contributed by atoms with Gasteiger partial charge in [-0.05, 0) is 72.9 Å². The number of amides is 5. The number of unbranched alkanes of at least 4 members (excludes halogenated alkanes) is 4.